The van der Waals surface area contributed by atoms with E-state index in [2.05, 4.69) is 24.8 Å². The molecular formula is C8H18N2O2. The van der Waals surface area contributed by atoms with E-state index in [1.807, 2.05) is 0 Å². The predicted octanol–water partition coefficient (Wildman–Crippen LogP) is 0.600. The zero-order valence-corrected chi connectivity index (χ0v) is 7.80. The zero-order valence-electron chi connectivity index (χ0n) is 7.80. The van der Waals surface area contributed by atoms with Crippen LogP contribution in [0, 0.1) is 0 Å². The maximum Gasteiger partial charge on any atom is 0.0697 e. The Labute approximate surface area is 73.5 Å². The predicted molar refractivity (Wildman–Crippen MR) is 46.3 cm³/mol. The van der Waals surface area contributed by atoms with Gasteiger partial charge in [0.1, 0.15) is 0 Å². The van der Waals surface area contributed by atoms with E-state index in [1.54, 1.807) is 0 Å². The highest BCUT2D eigenvalue weighted by molar-refractivity contribution is 4.57. The average Bonchev–Trinajstić information content (AvgIpc) is 2.63. The Morgan fingerprint density at radius 2 is 1.33 bits per heavy atom. The lowest BCUT2D eigenvalue weighted by Crippen LogP contribution is -2.14. The fraction of sp³-hybridized carbons (Fsp3) is 1.00. The van der Waals surface area contributed by atoms with Crippen molar-refractivity contribution in [3.05, 3.63) is 0 Å². The van der Waals surface area contributed by atoms with Crippen molar-refractivity contribution in [2.75, 3.05) is 13.2 Å². The lowest BCUT2D eigenvalue weighted by molar-refractivity contribution is 0.0908. The quantitative estimate of drug-likeness (QED) is 0.564. The monoisotopic (exact) mass is 174 g/mol. The lowest BCUT2D eigenvalue weighted by atomic mass is 10.3. The van der Waals surface area contributed by atoms with Gasteiger partial charge in [0, 0.05) is 12.1 Å². The minimum atomic E-state index is 0.574. The molecule has 0 saturated carbocycles. The molecule has 0 aromatic carbocycles. The summed E-state index contributed by atoms with van der Waals surface area (Å²) in [6, 6.07) is 1.15. The topological polar surface area (TPSA) is 42.5 Å². The van der Waals surface area contributed by atoms with Crippen LogP contribution in [0.3, 0.4) is 0 Å². The van der Waals surface area contributed by atoms with Gasteiger partial charge in [-0.2, -0.15) is 11.0 Å². The standard InChI is InChI=1S/2C4H9NO/c2*1-4-2-3-6-5-4/h2*4-5H,2-3H2,1H3. The molecule has 0 aliphatic carbocycles. The molecule has 2 atom stereocenters. The van der Waals surface area contributed by atoms with E-state index in [0.29, 0.717) is 12.1 Å². The smallest absolute Gasteiger partial charge is 0.0697 e. The van der Waals surface area contributed by atoms with E-state index >= 15 is 0 Å². The summed E-state index contributed by atoms with van der Waals surface area (Å²) < 4.78 is 0. The Bertz CT molecular complexity index is 95.6. The molecule has 0 aromatic rings. The Morgan fingerprint density at radius 1 is 0.917 bits per heavy atom. The van der Waals surface area contributed by atoms with Crippen LogP contribution in [0.5, 0.6) is 0 Å². The molecular weight excluding hydrogens is 156 g/mol. The molecule has 2 rings (SSSR count). The van der Waals surface area contributed by atoms with Crippen LogP contribution in [0.1, 0.15) is 26.7 Å². The number of hydrogen-bond donors (Lipinski definition) is 2. The molecule has 2 saturated heterocycles. The summed E-state index contributed by atoms with van der Waals surface area (Å²) in [4.78, 5) is 9.61. The van der Waals surface area contributed by atoms with Crippen LogP contribution in [0.2, 0.25) is 0 Å². The van der Waals surface area contributed by atoms with E-state index in [9.17, 15) is 0 Å². The third-order valence-electron chi connectivity index (χ3n) is 1.87. The summed E-state index contributed by atoms with van der Waals surface area (Å²) in [5.41, 5.74) is 5.64. The Balaban J connectivity index is 0.000000120. The molecule has 4 nitrogen and oxygen atoms in total. The van der Waals surface area contributed by atoms with Gasteiger partial charge in [0.05, 0.1) is 13.2 Å². The van der Waals surface area contributed by atoms with E-state index < -0.39 is 0 Å². The summed E-state index contributed by atoms with van der Waals surface area (Å²) in [7, 11) is 0. The molecule has 0 bridgehead atoms. The number of rotatable bonds is 0. The van der Waals surface area contributed by atoms with Crippen LogP contribution in [0.25, 0.3) is 0 Å². The molecule has 2 heterocycles. The summed E-state index contributed by atoms with van der Waals surface area (Å²) in [6.45, 7) is 5.96. The molecule has 2 fully saturated rings. The van der Waals surface area contributed by atoms with Gasteiger partial charge in [-0.3, -0.25) is 0 Å². The zero-order chi connectivity index (χ0) is 8.81. The fourth-order valence-corrected chi connectivity index (χ4v) is 0.992. The minimum absolute atomic E-state index is 0.574. The van der Waals surface area contributed by atoms with Gasteiger partial charge in [-0.05, 0) is 26.7 Å². The first-order valence-electron chi connectivity index (χ1n) is 4.53. The van der Waals surface area contributed by atoms with Crippen LogP contribution in [0.4, 0.5) is 0 Å². The third-order valence-corrected chi connectivity index (χ3v) is 1.87. The van der Waals surface area contributed by atoms with Gasteiger partial charge in [0.2, 0.25) is 0 Å². The second kappa shape index (κ2) is 5.48. The van der Waals surface area contributed by atoms with Gasteiger partial charge in [-0.1, -0.05) is 0 Å². The van der Waals surface area contributed by atoms with Crippen molar-refractivity contribution in [2.24, 2.45) is 0 Å². The van der Waals surface area contributed by atoms with E-state index in [1.165, 1.54) is 0 Å². The number of hydroxylamine groups is 2. The van der Waals surface area contributed by atoms with Crippen LogP contribution in [-0.2, 0) is 9.68 Å². The second-order valence-electron chi connectivity index (χ2n) is 3.31. The van der Waals surface area contributed by atoms with Gasteiger partial charge in [0.15, 0.2) is 0 Å². The normalized spacial score (nSPS) is 34.5. The summed E-state index contributed by atoms with van der Waals surface area (Å²) in [5, 5.41) is 0. The molecule has 72 valence electrons. The first-order valence-corrected chi connectivity index (χ1v) is 4.53. The molecule has 0 aromatic heterocycles. The minimum Gasteiger partial charge on any atom is -0.301 e. The molecule has 12 heavy (non-hydrogen) atoms. The van der Waals surface area contributed by atoms with Crippen molar-refractivity contribution in [3.8, 4) is 0 Å². The van der Waals surface area contributed by atoms with Crippen molar-refractivity contribution in [1.29, 1.82) is 0 Å². The Kier molecular flexibility index (Phi) is 4.53. The van der Waals surface area contributed by atoms with Gasteiger partial charge in [-0.25, -0.2) is 0 Å². The largest absolute Gasteiger partial charge is 0.301 e. The summed E-state index contributed by atoms with van der Waals surface area (Å²) in [6.07, 6.45) is 2.31. The first kappa shape index (κ1) is 9.92. The SMILES string of the molecule is CC1CCON1.CC1CCON1. The van der Waals surface area contributed by atoms with Crippen molar-refractivity contribution in [2.45, 2.75) is 38.8 Å². The highest BCUT2D eigenvalue weighted by atomic mass is 16.7. The van der Waals surface area contributed by atoms with Crippen LogP contribution >= 0.6 is 0 Å². The van der Waals surface area contributed by atoms with E-state index in [-0.39, 0.29) is 0 Å². The van der Waals surface area contributed by atoms with Crippen molar-refractivity contribution in [1.82, 2.24) is 11.0 Å². The Hall–Kier alpha value is -0.160. The second-order valence-corrected chi connectivity index (χ2v) is 3.31. The van der Waals surface area contributed by atoms with Crippen LogP contribution < -0.4 is 11.0 Å². The van der Waals surface area contributed by atoms with Gasteiger partial charge >= 0.3 is 0 Å². The molecule has 2 aliphatic heterocycles. The summed E-state index contributed by atoms with van der Waals surface area (Å²) >= 11 is 0. The van der Waals surface area contributed by atoms with Crippen molar-refractivity contribution >= 4 is 0 Å². The van der Waals surface area contributed by atoms with Crippen molar-refractivity contribution in [3.63, 3.8) is 0 Å². The lowest BCUT2D eigenvalue weighted by Gasteiger charge is -1.92. The first-order chi connectivity index (χ1) is 5.79. The van der Waals surface area contributed by atoms with E-state index in [0.717, 1.165) is 26.1 Å². The maximum atomic E-state index is 4.81. The highest BCUT2D eigenvalue weighted by Gasteiger charge is 2.07. The van der Waals surface area contributed by atoms with Crippen LogP contribution in [0.15, 0.2) is 0 Å². The van der Waals surface area contributed by atoms with E-state index in [4.69, 9.17) is 9.68 Å². The molecule has 0 spiro atoms. The molecule has 2 aliphatic rings. The third kappa shape index (κ3) is 4.01. The molecule has 4 heteroatoms. The molecule has 0 radical (unpaired) electrons. The van der Waals surface area contributed by atoms with Crippen LogP contribution in [-0.4, -0.2) is 25.3 Å². The maximum absolute atomic E-state index is 4.81. The van der Waals surface area contributed by atoms with Gasteiger partial charge in [-0.15, -0.1) is 0 Å². The molecule has 2 N–H and O–H groups in total. The number of hydrogen-bond acceptors (Lipinski definition) is 4. The average molecular weight is 174 g/mol. The molecule has 2 unspecified atom stereocenters. The Morgan fingerprint density at radius 3 is 1.42 bits per heavy atom. The number of nitrogens with one attached hydrogen (secondary N) is 2. The summed E-state index contributed by atoms with van der Waals surface area (Å²) in [5.74, 6) is 0. The van der Waals surface area contributed by atoms with Gasteiger partial charge < -0.3 is 9.68 Å². The van der Waals surface area contributed by atoms with Crippen molar-refractivity contribution < 1.29 is 9.68 Å². The highest BCUT2D eigenvalue weighted by Crippen LogP contribution is 1.97. The van der Waals surface area contributed by atoms with Gasteiger partial charge in [0.25, 0.3) is 0 Å². The fourth-order valence-electron chi connectivity index (χ4n) is 0.992. The molecule has 0 amide bonds.